The minimum Gasteiger partial charge on any atom is -0.296 e. The predicted octanol–water partition coefficient (Wildman–Crippen LogP) is 6.09. The maximum atomic E-state index is 9.38. The van der Waals surface area contributed by atoms with Gasteiger partial charge in [0.2, 0.25) is 0 Å². The first-order chi connectivity index (χ1) is 11.2. The fraction of sp³-hybridized carbons (Fsp3) is 0.250. The van der Waals surface area contributed by atoms with Gasteiger partial charge in [0, 0.05) is 33.4 Å². The molecule has 120 valence electrons. The molecule has 0 amide bonds. The van der Waals surface area contributed by atoms with Gasteiger partial charge in [-0.2, -0.15) is 5.26 Å². The second kappa shape index (κ2) is 8.70. The molecule has 1 fully saturated rings. The maximum Gasteiger partial charge on any atom is 0.145 e. The van der Waals surface area contributed by atoms with Crippen LogP contribution in [0.3, 0.4) is 0 Å². The molecule has 0 radical (unpaired) electrons. The number of halogens is 2. The fourth-order valence-electron chi connectivity index (χ4n) is 1.99. The summed E-state index contributed by atoms with van der Waals surface area (Å²) in [5.41, 5.74) is 1.66. The third-order valence-electron chi connectivity index (χ3n) is 2.99. The van der Waals surface area contributed by atoms with Crippen LogP contribution in [0.15, 0.2) is 41.2 Å². The van der Waals surface area contributed by atoms with Gasteiger partial charge in [0.25, 0.3) is 0 Å². The van der Waals surface area contributed by atoms with Gasteiger partial charge in [-0.15, -0.1) is 23.5 Å². The van der Waals surface area contributed by atoms with E-state index in [0.29, 0.717) is 15.7 Å². The molecule has 0 spiro atoms. The third-order valence-corrected chi connectivity index (χ3v) is 6.47. The van der Waals surface area contributed by atoms with Gasteiger partial charge in [-0.3, -0.25) is 4.57 Å². The van der Waals surface area contributed by atoms with E-state index in [9.17, 15) is 5.26 Å². The van der Waals surface area contributed by atoms with Crippen molar-refractivity contribution in [2.24, 2.45) is 0 Å². The molecule has 1 aliphatic heterocycles. The molecule has 7 heteroatoms. The quantitative estimate of drug-likeness (QED) is 0.588. The summed E-state index contributed by atoms with van der Waals surface area (Å²) in [6.45, 7) is 4.00. The number of rotatable bonds is 2. The van der Waals surface area contributed by atoms with Crippen LogP contribution in [-0.4, -0.2) is 15.3 Å². The van der Waals surface area contributed by atoms with Crippen molar-refractivity contribution >= 4 is 52.4 Å². The summed E-state index contributed by atoms with van der Waals surface area (Å²) in [4.78, 5) is 3.99. The molecule has 2 aromatic rings. The molecule has 0 aliphatic carbocycles. The van der Waals surface area contributed by atoms with Crippen LogP contribution in [0.25, 0.3) is 5.70 Å². The zero-order valence-corrected chi connectivity index (χ0v) is 15.8. The van der Waals surface area contributed by atoms with E-state index in [2.05, 4.69) is 11.1 Å². The molecule has 1 atom stereocenters. The van der Waals surface area contributed by atoms with Gasteiger partial charge in [-0.05, 0) is 17.7 Å². The Bertz CT molecular complexity index is 736. The molecule has 0 unspecified atom stereocenters. The van der Waals surface area contributed by atoms with Crippen LogP contribution in [0.4, 0.5) is 0 Å². The SMILES string of the molecule is CC.N#C/C(=C1/SC[C@H](c2ccc(Cl)cc2Cl)S1)n1ccnc1. The molecule has 1 aromatic carbocycles. The molecule has 0 saturated carbocycles. The van der Waals surface area contributed by atoms with Crippen molar-refractivity contribution in [2.45, 2.75) is 19.1 Å². The number of hydrogen-bond acceptors (Lipinski definition) is 4. The monoisotopic (exact) mass is 383 g/mol. The van der Waals surface area contributed by atoms with Gasteiger partial charge < -0.3 is 0 Å². The van der Waals surface area contributed by atoms with Crippen molar-refractivity contribution in [3.05, 3.63) is 56.8 Å². The molecule has 3 nitrogen and oxygen atoms in total. The van der Waals surface area contributed by atoms with Crippen LogP contribution in [0.1, 0.15) is 24.7 Å². The summed E-state index contributed by atoms with van der Waals surface area (Å²) < 4.78 is 2.73. The Morgan fingerprint density at radius 2 is 2.17 bits per heavy atom. The van der Waals surface area contributed by atoms with Crippen molar-refractivity contribution < 1.29 is 0 Å². The predicted molar refractivity (Wildman–Crippen MR) is 102 cm³/mol. The zero-order chi connectivity index (χ0) is 16.8. The summed E-state index contributed by atoms with van der Waals surface area (Å²) in [5.74, 6) is 0.876. The lowest BCUT2D eigenvalue weighted by Gasteiger charge is -2.10. The first kappa shape index (κ1) is 18.3. The molecular formula is C16H15Cl2N3S2. The minimum atomic E-state index is 0.224. The van der Waals surface area contributed by atoms with Gasteiger partial charge in [0.15, 0.2) is 0 Å². The van der Waals surface area contributed by atoms with Gasteiger partial charge >= 0.3 is 0 Å². The van der Waals surface area contributed by atoms with E-state index in [1.165, 1.54) is 0 Å². The number of thioether (sulfide) groups is 2. The number of aromatic nitrogens is 2. The van der Waals surface area contributed by atoms with Crippen LogP contribution in [-0.2, 0) is 0 Å². The fourth-order valence-corrected chi connectivity index (χ4v) is 5.52. The van der Waals surface area contributed by atoms with Crippen LogP contribution < -0.4 is 0 Å². The van der Waals surface area contributed by atoms with Gasteiger partial charge in [-0.1, -0.05) is 43.1 Å². The number of nitriles is 1. The van der Waals surface area contributed by atoms with Crippen LogP contribution in [0.5, 0.6) is 0 Å². The Morgan fingerprint density at radius 3 is 2.78 bits per heavy atom. The number of allylic oxidation sites excluding steroid dienone is 1. The lowest BCUT2D eigenvalue weighted by atomic mass is 10.2. The van der Waals surface area contributed by atoms with E-state index in [-0.39, 0.29) is 5.25 Å². The topological polar surface area (TPSA) is 41.6 Å². The van der Waals surface area contributed by atoms with E-state index >= 15 is 0 Å². The average Bonchev–Trinajstić information content (AvgIpc) is 3.23. The van der Waals surface area contributed by atoms with E-state index in [0.717, 1.165) is 15.6 Å². The minimum absolute atomic E-state index is 0.224. The molecule has 23 heavy (non-hydrogen) atoms. The molecule has 0 bridgehead atoms. The van der Waals surface area contributed by atoms with E-state index in [1.807, 2.05) is 26.0 Å². The van der Waals surface area contributed by atoms with E-state index in [4.69, 9.17) is 23.2 Å². The van der Waals surface area contributed by atoms with Crippen molar-refractivity contribution in [3.8, 4) is 6.07 Å². The largest absolute Gasteiger partial charge is 0.296 e. The molecule has 1 saturated heterocycles. The number of imidazole rings is 1. The van der Waals surface area contributed by atoms with Crippen molar-refractivity contribution in [1.82, 2.24) is 9.55 Å². The van der Waals surface area contributed by atoms with Crippen LogP contribution in [0, 0.1) is 11.3 Å². The lowest BCUT2D eigenvalue weighted by Crippen LogP contribution is -1.93. The highest BCUT2D eigenvalue weighted by Gasteiger charge is 2.27. The summed E-state index contributed by atoms with van der Waals surface area (Å²) in [6.07, 6.45) is 5.07. The van der Waals surface area contributed by atoms with Crippen molar-refractivity contribution in [3.63, 3.8) is 0 Å². The Morgan fingerprint density at radius 1 is 1.39 bits per heavy atom. The van der Waals surface area contributed by atoms with Gasteiger partial charge in [0.1, 0.15) is 11.8 Å². The average molecular weight is 384 g/mol. The third kappa shape index (κ3) is 4.27. The summed E-state index contributed by atoms with van der Waals surface area (Å²) in [5, 5.41) is 10.9. The van der Waals surface area contributed by atoms with Crippen molar-refractivity contribution in [2.75, 3.05) is 5.75 Å². The highest BCUT2D eigenvalue weighted by Crippen LogP contribution is 2.53. The normalized spacial score (nSPS) is 18.8. The number of hydrogen-bond donors (Lipinski definition) is 0. The highest BCUT2D eigenvalue weighted by atomic mass is 35.5. The standard InChI is InChI=1S/C14H9Cl2N3S2.C2H6/c15-9-1-2-10(11(16)5-9)13-7-20-14(21-13)12(6-17)19-4-3-18-8-19;1-2/h1-5,8,13H,7H2;1-2H3/b14-12+;/t13-;/m1./s1. The molecule has 2 heterocycles. The summed E-state index contributed by atoms with van der Waals surface area (Å²) in [7, 11) is 0. The maximum absolute atomic E-state index is 9.38. The second-order valence-electron chi connectivity index (χ2n) is 4.30. The second-order valence-corrected chi connectivity index (χ2v) is 7.65. The highest BCUT2D eigenvalue weighted by molar-refractivity contribution is 8.25. The smallest absolute Gasteiger partial charge is 0.145 e. The number of benzene rings is 1. The summed E-state index contributed by atoms with van der Waals surface area (Å²) >= 11 is 15.5. The lowest BCUT2D eigenvalue weighted by molar-refractivity contribution is 1.10. The number of nitrogens with zero attached hydrogens (tertiary/aromatic N) is 3. The van der Waals surface area contributed by atoms with Gasteiger partial charge in [-0.25, -0.2) is 4.98 Å². The zero-order valence-electron chi connectivity index (χ0n) is 12.7. The molecule has 1 aromatic heterocycles. The van der Waals surface area contributed by atoms with Crippen LogP contribution in [0.2, 0.25) is 10.0 Å². The van der Waals surface area contributed by atoms with E-state index in [1.54, 1.807) is 52.9 Å². The molecule has 3 rings (SSSR count). The Kier molecular flexibility index (Phi) is 6.91. The Hall–Kier alpha value is -1.06. The first-order valence-electron chi connectivity index (χ1n) is 7.06. The van der Waals surface area contributed by atoms with Gasteiger partial charge in [0.05, 0.1) is 10.6 Å². The van der Waals surface area contributed by atoms with Crippen LogP contribution >= 0.6 is 46.7 Å². The molecule has 1 aliphatic rings. The molecule has 0 N–H and O–H groups in total. The summed E-state index contributed by atoms with van der Waals surface area (Å²) in [6, 6.07) is 7.80. The Labute approximate surface area is 154 Å². The van der Waals surface area contributed by atoms with Crippen molar-refractivity contribution in [1.29, 1.82) is 5.26 Å². The first-order valence-corrected chi connectivity index (χ1v) is 9.68. The Balaban J connectivity index is 0.000000924. The molecular weight excluding hydrogens is 369 g/mol. The van der Waals surface area contributed by atoms with E-state index < -0.39 is 0 Å².